The third-order valence-electron chi connectivity index (χ3n) is 4.01. The van der Waals surface area contributed by atoms with Gasteiger partial charge in [-0.05, 0) is 23.6 Å². The molecular weight excluding hydrogens is 270 g/mol. The van der Waals surface area contributed by atoms with Crippen molar-refractivity contribution in [2.45, 2.75) is 18.9 Å². The van der Waals surface area contributed by atoms with Crippen molar-refractivity contribution in [3.8, 4) is 0 Å². The molecule has 1 aromatic carbocycles. The van der Waals surface area contributed by atoms with Crippen LogP contribution in [0.1, 0.15) is 11.1 Å². The van der Waals surface area contributed by atoms with E-state index >= 15 is 0 Å². The molecule has 0 aliphatic carbocycles. The van der Waals surface area contributed by atoms with Crippen LogP contribution in [0.4, 0.5) is 5.69 Å². The Morgan fingerprint density at radius 1 is 1.38 bits per heavy atom. The fourth-order valence-corrected chi connectivity index (χ4v) is 2.93. The van der Waals surface area contributed by atoms with Crippen molar-refractivity contribution in [3.05, 3.63) is 29.3 Å². The molecular formula is C15H19N3O3. The van der Waals surface area contributed by atoms with E-state index in [0.717, 1.165) is 29.9 Å². The summed E-state index contributed by atoms with van der Waals surface area (Å²) >= 11 is 0. The number of primary amides is 1. The third kappa shape index (κ3) is 3.06. The number of amides is 2. The van der Waals surface area contributed by atoms with Crippen LogP contribution >= 0.6 is 0 Å². The lowest BCUT2D eigenvalue weighted by Crippen LogP contribution is -2.52. The van der Waals surface area contributed by atoms with Crippen LogP contribution in [0.3, 0.4) is 0 Å². The van der Waals surface area contributed by atoms with E-state index < -0.39 is 0 Å². The summed E-state index contributed by atoms with van der Waals surface area (Å²) in [7, 11) is 0. The lowest BCUT2D eigenvalue weighted by Gasteiger charge is -2.36. The van der Waals surface area contributed by atoms with Gasteiger partial charge in [0.05, 0.1) is 25.7 Å². The molecule has 0 bridgehead atoms. The first kappa shape index (κ1) is 14.0. The minimum Gasteiger partial charge on any atom is -0.379 e. The van der Waals surface area contributed by atoms with Crippen molar-refractivity contribution in [3.63, 3.8) is 0 Å². The highest BCUT2D eigenvalue weighted by molar-refractivity contribution is 5.98. The summed E-state index contributed by atoms with van der Waals surface area (Å²) in [6, 6.07) is 5.58. The van der Waals surface area contributed by atoms with Crippen molar-refractivity contribution in [2.75, 3.05) is 31.6 Å². The second-order valence-corrected chi connectivity index (χ2v) is 5.49. The normalized spacial score (nSPS) is 22.5. The van der Waals surface area contributed by atoms with E-state index in [-0.39, 0.29) is 24.3 Å². The minimum absolute atomic E-state index is 0.0145. The molecule has 0 spiro atoms. The van der Waals surface area contributed by atoms with E-state index in [1.807, 2.05) is 18.2 Å². The Balaban J connectivity index is 1.78. The zero-order valence-electron chi connectivity index (χ0n) is 11.8. The van der Waals surface area contributed by atoms with E-state index in [1.54, 1.807) is 0 Å². The number of carbonyl (C=O) groups excluding carboxylic acids is 2. The molecule has 3 N–H and O–H groups in total. The molecule has 112 valence electrons. The van der Waals surface area contributed by atoms with Gasteiger partial charge in [-0.3, -0.25) is 14.5 Å². The smallest absolute Gasteiger partial charge is 0.242 e. The van der Waals surface area contributed by atoms with Crippen LogP contribution in [-0.2, 0) is 27.2 Å². The van der Waals surface area contributed by atoms with E-state index in [0.29, 0.717) is 19.6 Å². The Bertz CT molecular complexity index is 567. The Kier molecular flexibility index (Phi) is 3.90. The maximum absolute atomic E-state index is 12.3. The predicted molar refractivity (Wildman–Crippen MR) is 77.9 cm³/mol. The highest BCUT2D eigenvalue weighted by Gasteiger charge is 2.32. The fourth-order valence-electron chi connectivity index (χ4n) is 2.93. The average molecular weight is 289 g/mol. The highest BCUT2D eigenvalue weighted by atomic mass is 16.5. The number of ether oxygens (including phenoxy) is 1. The zero-order valence-corrected chi connectivity index (χ0v) is 11.8. The highest BCUT2D eigenvalue weighted by Crippen LogP contribution is 2.26. The summed E-state index contributed by atoms with van der Waals surface area (Å²) in [5.41, 5.74) is 7.92. The van der Waals surface area contributed by atoms with Gasteiger partial charge in [-0.1, -0.05) is 12.1 Å². The number of rotatable bonds is 3. The molecule has 1 aromatic rings. The molecule has 0 aromatic heterocycles. The van der Waals surface area contributed by atoms with Gasteiger partial charge in [0.25, 0.3) is 0 Å². The summed E-state index contributed by atoms with van der Waals surface area (Å²) in [5.74, 6) is -0.357. The van der Waals surface area contributed by atoms with Gasteiger partial charge < -0.3 is 15.8 Å². The second kappa shape index (κ2) is 5.83. The van der Waals surface area contributed by atoms with Crippen molar-refractivity contribution < 1.29 is 14.3 Å². The number of hydrogen-bond acceptors (Lipinski definition) is 4. The number of morpholine rings is 1. The molecule has 0 saturated carbocycles. The Morgan fingerprint density at radius 2 is 2.14 bits per heavy atom. The molecule has 2 aliphatic rings. The number of nitrogens with zero attached hydrogens (tertiary/aromatic N) is 1. The van der Waals surface area contributed by atoms with Crippen LogP contribution < -0.4 is 11.1 Å². The SMILES string of the molecule is NC(=O)Cc1ccc2c(c1)NC(=O)C(N1CCOCC1)C2. The summed E-state index contributed by atoms with van der Waals surface area (Å²) in [6.07, 6.45) is 0.883. The van der Waals surface area contributed by atoms with Gasteiger partial charge >= 0.3 is 0 Å². The van der Waals surface area contributed by atoms with Crippen LogP contribution in [0, 0.1) is 0 Å². The Morgan fingerprint density at radius 3 is 2.86 bits per heavy atom. The van der Waals surface area contributed by atoms with Crippen LogP contribution in [-0.4, -0.2) is 49.1 Å². The number of benzene rings is 1. The molecule has 21 heavy (non-hydrogen) atoms. The summed E-state index contributed by atoms with van der Waals surface area (Å²) in [4.78, 5) is 25.4. The number of carbonyl (C=O) groups is 2. The first-order chi connectivity index (χ1) is 10.1. The summed E-state index contributed by atoms with van der Waals surface area (Å²) < 4.78 is 5.33. The quantitative estimate of drug-likeness (QED) is 0.814. The van der Waals surface area contributed by atoms with Gasteiger partial charge in [0.1, 0.15) is 0 Å². The zero-order chi connectivity index (χ0) is 14.8. The molecule has 1 unspecified atom stereocenters. The molecule has 3 rings (SSSR count). The van der Waals surface area contributed by atoms with Crippen molar-refractivity contribution in [2.24, 2.45) is 5.73 Å². The van der Waals surface area contributed by atoms with Gasteiger partial charge in [-0.25, -0.2) is 0 Å². The summed E-state index contributed by atoms with van der Waals surface area (Å²) in [5, 5.41) is 2.95. The monoisotopic (exact) mass is 289 g/mol. The molecule has 6 nitrogen and oxygen atoms in total. The standard InChI is InChI=1S/C15H19N3O3/c16-14(19)8-10-1-2-11-9-13(15(20)17-12(11)7-10)18-3-5-21-6-4-18/h1-2,7,13H,3-6,8-9H2,(H2,16,19)(H,17,20). The Labute approximate surface area is 123 Å². The number of fused-ring (bicyclic) bond motifs is 1. The third-order valence-corrected chi connectivity index (χ3v) is 4.01. The predicted octanol–water partition coefficient (Wildman–Crippen LogP) is -0.0902. The molecule has 6 heteroatoms. The molecule has 2 heterocycles. The van der Waals surface area contributed by atoms with Crippen molar-refractivity contribution in [1.29, 1.82) is 0 Å². The van der Waals surface area contributed by atoms with Crippen LogP contribution in [0.25, 0.3) is 0 Å². The first-order valence-corrected chi connectivity index (χ1v) is 7.16. The van der Waals surface area contributed by atoms with E-state index in [1.165, 1.54) is 0 Å². The molecule has 0 radical (unpaired) electrons. The molecule has 2 amide bonds. The molecule has 2 aliphatic heterocycles. The number of nitrogens with one attached hydrogen (secondary N) is 1. The fraction of sp³-hybridized carbons (Fsp3) is 0.467. The number of anilines is 1. The first-order valence-electron chi connectivity index (χ1n) is 7.16. The number of hydrogen-bond donors (Lipinski definition) is 2. The van der Waals surface area contributed by atoms with Gasteiger partial charge in [0.2, 0.25) is 11.8 Å². The minimum atomic E-state index is -0.372. The van der Waals surface area contributed by atoms with Crippen LogP contribution in [0.2, 0.25) is 0 Å². The lowest BCUT2D eigenvalue weighted by atomic mass is 9.95. The lowest BCUT2D eigenvalue weighted by molar-refractivity contribution is -0.123. The largest absolute Gasteiger partial charge is 0.379 e. The summed E-state index contributed by atoms with van der Waals surface area (Å²) in [6.45, 7) is 2.92. The van der Waals surface area contributed by atoms with Gasteiger partial charge in [0, 0.05) is 18.8 Å². The van der Waals surface area contributed by atoms with Crippen LogP contribution in [0.15, 0.2) is 18.2 Å². The van der Waals surface area contributed by atoms with E-state index in [2.05, 4.69) is 10.2 Å². The molecule has 1 saturated heterocycles. The maximum atomic E-state index is 12.3. The Hall–Kier alpha value is -1.92. The van der Waals surface area contributed by atoms with Crippen molar-refractivity contribution in [1.82, 2.24) is 4.90 Å². The van der Waals surface area contributed by atoms with Gasteiger partial charge in [-0.15, -0.1) is 0 Å². The maximum Gasteiger partial charge on any atom is 0.242 e. The number of nitrogens with two attached hydrogens (primary N) is 1. The van der Waals surface area contributed by atoms with Crippen molar-refractivity contribution >= 4 is 17.5 Å². The van der Waals surface area contributed by atoms with E-state index in [9.17, 15) is 9.59 Å². The second-order valence-electron chi connectivity index (χ2n) is 5.49. The average Bonchev–Trinajstić information content (AvgIpc) is 2.46. The topological polar surface area (TPSA) is 84.7 Å². The van der Waals surface area contributed by atoms with Gasteiger partial charge in [-0.2, -0.15) is 0 Å². The van der Waals surface area contributed by atoms with E-state index in [4.69, 9.17) is 10.5 Å². The van der Waals surface area contributed by atoms with Crippen LogP contribution in [0.5, 0.6) is 0 Å². The molecule has 1 atom stereocenters. The molecule has 1 fully saturated rings. The van der Waals surface area contributed by atoms with Gasteiger partial charge in [0.15, 0.2) is 0 Å².